The second kappa shape index (κ2) is 10.2. The summed E-state index contributed by atoms with van der Waals surface area (Å²) in [6, 6.07) is 11.2. The number of hydrazine groups is 1. The summed E-state index contributed by atoms with van der Waals surface area (Å²) in [7, 11) is 0. The van der Waals surface area contributed by atoms with Gasteiger partial charge in [0.15, 0.2) is 0 Å². The number of nitrogens with zero attached hydrogens (tertiary/aromatic N) is 3. The van der Waals surface area contributed by atoms with E-state index in [1.807, 2.05) is 11.9 Å². The van der Waals surface area contributed by atoms with Gasteiger partial charge in [-0.05, 0) is 48.7 Å². The van der Waals surface area contributed by atoms with Gasteiger partial charge in [0.05, 0.1) is 16.8 Å². The van der Waals surface area contributed by atoms with Crippen LogP contribution in [0.3, 0.4) is 0 Å². The number of hydrazone groups is 1. The maximum absolute atomic E-state index is 13.6. The van der Waals surface area contributed by atoms with E-state index in [0.29, 0.717) is 21.4 Å². The highest BCUT2D eigenvalue weighted by Gasteiger charge is 2.40. The molecule has 2 aliphatic rings. The monoisotopic (exact) mass is 476 g/mol. The van der Waals surface area contributed by atoms with Gasteiger partial charge >= 0.3 is 0 Å². The molecule has 1 amide bonds. The zero-order valence-corrected chi connectivity index (χ0v) is 19.5. The second-order valence-electron chi connectivity index (χ2n) is 8.41. The average molecular weight is 477 g/mol. The highest BCUT2D eigenvalue weighted by Crippen LogP contribution is 2.42. The summed E-state index contributed by atoms with van der Waals surface area (Å²) in [5, 5.41) is 9.41. The maximum atomic E-state index is 13.6. The Morgan fingerprint density at radius 1 is 1.03 bits per heavy atom. The Balaban J connectivity index is 1.64. The highest BCUT2D eigenvalue weighted by atomic mass is 35.5. The maximum Gasteiger partial charge on any atom is 0.282 e. The number of hydrogen-bond donors (Lipinski definition) is 1. The zero-order chi connectivity index (χ0) is 22.7. The van der Waals surface area contributed by atoms with Gasteiger partial charge in [0, 0.05) is 24.0 Å². The molecule has 8 heteroatoms. The normalized spacial score (nSPS) is 22.2. The molecule has 0 radical (unpaired) electrons. The summed E-state index contributed by atoms with van der Waals surface area (Å²) in [4.78, 5) is 13.2. The molecule has 2 heterocycles. The van der Waals surface area contributed by atoms with Crippen molar-refractivity contribution >= 4 is 40.5 Å². The number of halogens is 3. The molecule has 0 aliphatic carbocycles. The first kappa shape index (κ1) is 23.0. The second-order valence-corrected chi connectivity index (χ2v) is 9.25. The van der Waals surface area contributed by atoms with Crippen molar-refractivity contribution < 1.29 is 9.18 Å². The molecule has 1 saturated heterocycles. The third-order valence-corrected chi connectivity index (χ3v) is 6.64. The Bertz CT molecular complexity index is 990. The molecule has 32 heavy (non-hydrogen) atoms. The summed E-state index contributed by atoms with van der Waals surface area (Å²) in [6.45, 7) is 3.63. The fraction of sp³-hybridized carbons (Fsp3) is 0.417. The van der Waals surface area contributed by atoms with Gasteiger partial charge < -0.3 is 0 Å². The van der Waals surface area contributed by atoms with Crippen molar-refractivity contribution in [3.63, 3.8) is 0 Å². The van der Waals surface area contributed by atoms with Crippen LogP contribution in [-0.2, 0) is 4.79 Å². The van der Waals surface area contributed by atoms with Crippen molar-refractivity contribution in [1.82, 2.24) is 10.4 Å². The third-order valence-electron chi connectivity index (χ3n) is 6.10. The van der Waals surface area contributed by atoms with Crippen LogP contribution in [0.1, 0.15) is 50.6 Å². The number of rotatable bonds is 4. The van der Waals surface area contributed by atoms with Crippen molar-refractivity contribution in [2.24, 2.45) is 11.0 Å². The molecule has 170 valence electrons. The van der Waals surface area contributed by atoms with Crippen LogP contribution in [0.15, 0.2) is 47.6 Å². The van der Waals surface area contributed by atoms with Gasteiger partial charge in [0.2, 0.25) is 0 Å². The lowest BCUT2D eigenvalue weighted by atomic mass is 9.91. The lowest BCUT2D eigenvalue weighted by molar-refractivity contribution is -0.119. The molecule has 4 rings (SSSR count). The molecule has 0 spiro atoms. The van der Waals surface area contributed by atoms with Crippen molar-refractivity contribution in [1.29, 1.82) is 0 Å². The SMILES string of the molecule is CC1C(C(=O)NN2CCCCCCC2)=NN(c2ccc(Cl)cc2Cl)C1c1ccc(F)cc1. The number of anilines is 1. The van der Waals surface area contributed by atoms with Crippen LogP contribution in [-0.4, -0.2) is 29.7 Å². The van der Waals surface area contributed by atoms with Crippen LogP contribution in [0.4, 0.5) is 10.1 Å². The number of carbonyl (C=O) groups excluding carboxylic acids is 1. The van der Waals surface area contributed by atoms with Crippen molar-refractivity contribution in [3.05, 3.63) is 63.9 Å². The first-order valence-corrected chi connectivity index (χ1v) is 11.8. The van der Waals surface area contributed by atoms with E-state index in [1.165, 1.54) is 31.4 Å². The quantitative estimate of drug-likeness (QED) is 0.589. The summed E-state index contributed by atoms with van der Waals surface area (Å²) in [5.41, 5.74) is 4.98. The molecule has 2 atom stereocenters. The van der Waals surface area contributed by atoms with Crippen LogP contribution in [0.5, 0.6) is 0 Å². The number of benzene rings is 2. The zero-order valence-electron chi connectivity index (χ0n) is 18.0. The van der Waals surface area contributed by atoms with Gasteiger partial charge in [-0.2, -0.15) is 5.10 Å². The first-order valence-electron chi connectivity index (χ1n) is 11.1. The molecule has 0 bridgehead atoms. The number of amides is 1. The molecule has 1 fully saturated rings. The lowest BCUT2D eigenvalue weighted by Gasteiger charge is -2.28. The van der Waals surface area contributed by atoms with E-state index in [2.05, 4.69) is 5.43 Å². The summed E-state index contributed by atoms with van der Waals surface area (Å²) < 4.78 is 13.6. The minimum atomic E-state index is -0.313. The van der Waals surface area contributed by atoms with Crippen LogP contribution in [0.25, 0.3) is 0 Å². The predicted octanol–water partition coefficient (Wildman–Crippen LogP) is 5.98. The topological polar surface area (TPSA) is 47.9 Å². The van der Waals surface area contributed by atoms with Gasteiger partial charge in [-0.3, -0.25) is 15.2 Å². The minimum absolute atomic E-state index is 0.210. The smallest absolute Gasteiger partial charge is 0.282 e. The molecular weight excluding hydrogens is 450 g/mol. The molecule has 2 unspecified atom stereocenters. The van der Waals surface area contributed by atoms with Crippen LogP contribution >= 0.6 is 23.2 Å². The molecule has 2 aromatic rings. The molecule has 1 N–H and O–H groups in total. The lowest BCUT2D eigenvalue weighted by Crippen LogP contribution is -2.47. The Labute approximate surface area is 198 Å². The Morgan fingerprint density at radius 2 is 1.69 bits per heavy atom. The first-order chi connectivity index (χ1) is 15.4. The highest BCUT2D eigenvalue weighted by molar-refractivity contribution is 6.41. The number of nitrogens with one attached hydrogen (secondary N) is 1. The third kappa shape index (κ3) is 5.08. The Hall–Kier alpha value is -2.15. The van der Waals surface area contributed by atoms with Gasteiger partial charge in [0.25, 0.3) is 5.91 Å². The van der Waals surface area contributed by atoms with Gasteiger partial charge in [-0.25, -0.2) is 9.40 Å². The summed E-state index contributed by atoms with van der Waals surface area (Å²) >= 11 is 12.6. The van der Waals surface area contributed by atoms with E-state index in [4.69, 9.17) is 28.3 Å². The van der Waals surface area contributed by atoms with Crippen LogP contribution < -0.4 is 10.4 Å². The van der Waals surface area contributed by atoms with Gasteiger partial charge in [-0.15, -0.1) is 0 Å². The predicted molar refractivity (Wildman–Crippen MR) is 127 cm³/mol. The summed E-state index contributed by atoms with van der Waals surface area (Å²) in [5.74, 6) is -0.758. The standard InChI is InChI=1S/C24H27Cl2FN4O/c1-16-22(24(32)29-30-13-5-3-2-4-6-14-30)28-31(21-12-9-18(25)15-20(21)26)23(16)17-7-10-19(27)11-8-17/h7-12,15-16,23H,2-6,13-14H2,1H3,(H,29,32). The van der Waals surface area contributed by atoms with Crippen LogP contribution in [0, 0.1) is 11.7 Å². The Kier molecular flexibility index (Phi) is 7.33. The van der Waals surface area contributed by atoms with E-state index < -0.39 is 0 Å². The molecular formula is C24H27Cl2FN4O. The van der Waals surface area contributed by atoms with E-state index in [9.17, 15) is 9.18 Å². The van der Waals surface area contributed by atoms with E-state index in [-0.39, 0.29) is 23.7 Å². The fourth-order valence-corrected chi connectivity index (χ4v) is 4.90. The minimum Gasteiger partial charge on any atom is -0.284 e. The van der Waals surface area contributed by atoms with E-state index in [0.717, 1.165) is 31.5 Å². The molecule has 5 nitrogen and oxygen atoms in total. The van der Waals surface area contributed by atoms with Gasteiger partial charge in [-0.1, -0.05) is 61.5 Å². The van der Waals surface area contributed by atoms with E-state index >= 15 is 0 Å². The summed E-state index contributed by atoms with van der Waals surface area (Å²) in [6.07, 6.45) is 5.74. The number of hydrogen-bond acceptors (Lipinski definition) is 4. The average Bonchev–Trinajstić information content (AvgIpc) is 3.07. The van der Waals surface area contributed by atoms with E-state index in [1.54, 1.807) is 35.3 Å². The Morgan fingerprint density at radius 3 is 2.34 bits per heavy atom. The molecule has 0 saturated carbocycles. The van der Waals surface area contributed by atoms with Crippen molar-refractivity contribution in [2.45, 2.75) is 45.1 Å². The fourth-order valence-electron chi connectivity index (χ4n) is 4.40. The van der Waals surface area contributed by atoms with Crippen LogP contribution in [0.2, 0.25) is 10.0 Å². The molecule has 2 aliphatic heterocycles. The largest absolute Gasteiger partial charge is 0.284 e. The number of carbonyl (C=O) groups is 1. The molecule has 2 aromatic carbocycles. The van der Waals surface area contributed by atoms with Gasteiger partial charge in [0.1, 0.15) is 11.5 Å². The molecule has 0 aromatic heterocycles. The van der Waals surface area contributed by atoms with Crippen molar-refractivity contribution in [3.8, 4) is 0 Å². The van der Waals surface area contributed by atoms with Crippen molar-refractivity contribution in [2.75, 3.05) is 18.1 Å².